The van der Waals surface area contributed by atoms with E-state index in [9.17, 15) is 18.0 Å². The van der Waals surface area contributed by atoms with Crippen molar-refractivity contribution in [1.82, 2.24) is 14.9 Å². The topological polar surface area (TPSA) is 105 Å². The van der Waals surface area contributed by atoms with Crippen molar-refractivity contribution < 1.29 is 22.7 Å². The Kier molecular flexibility index (Phi) is 8.23. The minimum atomic E-state index is -3.56. The maximum Gasteiger partial charge on any atom is 0.252 e. The summed E-state index contributed by atoms with van der Waals surface area (Å²) in [6.07, 6.45) is 0. The number of morpholine rings is 1. The molecule has 1 saturated heterocycles. The molecule has 9 heteroatoms. The third kappa shape index (κ3) is 6.19. The molecule has 2 N–H and O–H groups in total. The number of benzene rings is 2. The van der Waals surface area contributed by atoms with E-state index >= 15 is 0 Å². The minimum Gasteiger partial charge on any atom is -0.379 e. The van der Waals surface area contributed by atoms with Crippen LogP contribution in [0.5, 0.6) is 0 Å². The Morgan fingerprint density at radius 2 is 1.67 bits per heavy atom. The zero-order valence-electron chi connectivity index (χ0n) is 19.2. The van der Waals surface area contributed by atoms with E-state index < -0.39 is 16.1 Å². The van der Waals surface area contributed by atoms with Gasteiger partial charge in [-0.05, 0) is 42.2 Å². The van der Waals surface area contributed by atoms with E-state index in [4.69, 9.17) is 4.74 Å². The van der Waals surface area contributed by atoms with Crippen LogP contribution in [0, 0.1) is 12.8 Å². The molecule has 1 fully saturated rings. The molecule has 0 spiro atoms. The highest BCUT2D eigenvalue weighted by atomic mass is 32.2. The SMILES string of the molecule is Cc1ccccc1C(=O)N[C@H](C(=O)NCc1ccc(S(=O)(=O)N2CCOCC2)cc1)C(C)C. The van der Waals surface area contributed by atoms with Crippen LogP contribution >= 0.6 is 0 Å². The fourth-order valence-electron chi connectivity index (χ4n) is 3.60. The molecule has 2 amide bonds. The minimum absolute atomic E-state index is 0.112. The van der Waals surface area contributed by atoms with Crippen LogP contribution < -0.4 is 10.6 Å². The Balaban J connectivity index is 1.61. The van der Waals surface area contributed by atoms with Crippen LogP contribution in [0.1, 0.15) is 35.3 Å². The largest absolute Gasteiger partial charge is 0.379 e. The second-order valence-electron chi connectivity index (χ2n) is 8.39. The normalized spacial score (nSPS) is 15.8. The van der Waals surface area contributed by atoms with E-state index in [2.05, 4.69) is 10.6 Å². The lowest BCUT2D eigenvalue weighted by molar-refractivity contribution is -0.124. The number of sulfonamides is 1. The number of hydrogen-bond donors (Lipinski definition) is 2. The van der Waals surface area contributed by atoms with E-state index in [1.54, 1.807) is 36.4 Å². The maximum atomic E-state index is 12.8. The molecule has 3 rings (SSSR count). The summed E-state index contributed by atoms with van der Waals surface area (Å²) < 4.78 is 32.1. The van der Waals surface area contributed by atoms with Gasteiger partial charge in [-0.2, -0.15) is 4.31 Å². The van der Waals surface area contributed by atoms with Crippen molar-refractivity contribution in [2.24, 2.45) is 5.92 Å². The van der Waals surface area contributed by atoms with Crippen LogP contribution in [-0.2, 0) is 26.1 Å². The van der Waals surface area contributed by atoms with E-state index in [1.165, 1.54) is 4.31 Å². The lowest BCUT2D eigenvalue weighted by atomic mass is 10.0. The lowest BCUT2D eigenvalue weighted by Gasteiger charge is -2.26. The highest BCUT2D eigenvalue weighted by Crippen LogP contribution is 2.18. The van der Waals surface area contributed by atoms with Gasteiger partial charge in [0.1, 0.15) is 6.04 Å². The third-order valence-corrected chi connectivity index (χ3v) is 7.54. The van der Waals surface area contributed by atoms with Crippen molar-refractivity contribution in [3.8, 4) is 0 Å². The molecule has 0 aliphatic carbocycles. The fraction of sp³-hybridized carbons (Fsp3) is 0.417. The number of amides is 2. The molecule has 1 atom stereocenters. The van der Waals surface area contributed by atoms with Gasteiger partial charge in [0.05, 0.1) is 18.1 Å². The summed E-state index contributed by atoms with van der Waals surface area (Å²) in [6, 6.07) is 13.0. The molecule has 2 aromatic rings. The van der Waals surface area contributed by atoms with E-state index in [-0.39, 0.29) is 29.2 Å². The van der Waals surface area contributed by atoms with Crippen molar-refractivity contribution in [3.05, 3.63) is 65.2 Å². The Hall–Kier alpha value is -2.75. The van der Waals surface area contributed by atoms with Crippen molar-refractivity contribution >= 4 is 21.8 Å². The molecule has 178 valence electrons. The highest BCUT2D eigenvalue weighted by molar-refractivity contribution is 7.89. The van der Waals surface area contributed by atoms with Crippen LogP contribution in [0.25, 0.3) is 0 Å². The average Bonchev–Trinajstić information content (AvgIpc) is 2.81. The second kappa shape index (κ2) is 10.9. The van der Waals surface area contributed by atoms with E-state index in [0.717, 1.165) is 11.1 Å². The number of nitrogens with zero attached hydrogens (tertiary/aromatic N) is 1. The summed E-state index contributed by atoms with van der Waals surface area (Å²) in [5.41, 5.74) is 2.13. The number of hydrogen-bond acceptors (Lipinski definition) is 5. The first-order chi connectivity index (χ1) is 15.7. The quantitative estimate of drug-likeness (QED) is 0.611. The van der Waals surface area contributed by atoms with Gasteiger partial charge in [-0.25, -0.2) is 8.42 Å². The van der Waals surface area contributed by atoms with Gasteiger partial charge in [-0.15, -0.1) is 0 Å². The first-order valence-corrected chi connectivity index (χ1v) is 12.4. The van der Waals surface area contributed by atoms with E-state index in [0.29, 0.717) is 31.9 Å². The van der Waals surface area contributed by atoms with Crippen LogP contribution in [-0.4, -0.2) is 56.9 Å². The van der Waals surface area contributed by atoms with Gasteiger partial charge >= 0.3 is 0 Å². The maximum absolute atomic E-state index is 12.8. The predicted molar refractivity (Wildman–Crippen MR) is 125 cm³/mol. The van der Waals surface area contributed by atoms with Gasteiger partial charge in [0.2, 0.25) is 15.9 Å². The van der Waals surface area contributed by atoms with Gasteiger partial charge in [0.25, 0.3) is 5.91 Å². The zero-order chi connectivity index (χ0) is 24.0. The summed E-state index contributed by atoms with van der Waals surface area (Å²) in [5, 5.41) is 5.67. The molecule has 0 saturated carbocycles. The Bertz CT molecular complexity index is 1080. The summed E-state index contributed by atoms with van der Waals surface area (Å²) in [5.74, 6) is -0.699. The van der Waals surface area contributed by atoms with Gasteiger partial charge in [-0.1, -0.05) is 44.2 Å². The average molecular weight is 474 g/mol. The molecule has 1 aliphatic rings. The van der Waals surface area contributed by atoms with Crippen LogP contribution in [0.3, 0.4) is 0 Å². The van der Waals surface area contributed by atoms with Gasteiger partial charge < -0.3 is 15.4 Å². The number of rotatable bonds is 8. The summed E-state index contributed by atoms with van der Waals surface area (Å²) >= 11 is 0. The van der Waals surface area contributed by atoms with Gasteiger partial charge in [-0.3, -0.25) is 9.59 Å². The first-order valence-electron chi connectivity index (χ1n) is 11.0. The van der Waals surface area contributed by atoms with Crippen LogP contribution in [0.4, 0.5) is 0 Å². The fourth-order valence-corrected chi connectivity index (χ4v) is 5.00. The third-order valence-electron chi connectivity index (χ3n) is 5.62. The zero-order valence-corrected chi connectivity index (χ0v) is 20.0. The molecule has 2 aromatic carbocycles. The molecule has 33 heavy (non-hydrogen) atoms. The molecule has 0 aromatic heterocycles. The number of carbonyl (C=O) groups excluding carboxylic acids is 2. The molecular weight excluding hydrogens is 442 g/mol. The van der Waals surface area contributed by atoms with Crippen molar-refractivity contribution in [3.63, 3.8) is 0 Å². The smallest absolute Gasteiger partial charge is 0.252 e. The summed E-state index contributed by atoms with van der Waals surface area (Å²) in [7, 11) is -3.56. The van der Waals surface area contributed by atoms with Crippen molar-refractivity contribution in [1.29, 1.82) is 0 Å². The molecule has 0 radical (unpaired) electrons. The van der Waals surface area contributed by atoms with Crippen LogP contribution in [0.15, 0.2) is 53.4 Å². The molecule has 8 nitrogen and oxygen atoms in total. The Labute approximate surface area is 195 Å². The molecule has 1 aliphatic heterocycles. The molecule has 0 bridgehead atoms. The van der Waals surface area contributed by atoms with Crippen LogP contribution in [0.2, 0.25) is 0 Å². The van der Waals surface area contributed by atoms with E-state index in [1.807, 2.05) is 32.9 Å². The van der Waals surface area contributed by atoms with Gasteiger partial charge in [0, 0.05) is 25.2 Å². The lowest BCUT2D eigenvalue weighted by Crippen LogP contribution is -2.49. The standard InChI is InChI=1S/C24H31N3O5S/c1-17(2)22(26-23(28)21-7-5-4-6-18(21)3)24(29)25-16-19-8-10-20(11-9-19)33(30,31)27-12-14-32-15-13-27/h4-11,17,22H,12-16H2,1-3H3,(H,25,29)(H,26,28)/t22-/m0/s1. The summed E-state index contributed by atoms with van der Waals surface area (Å²) in [6.45, 7) is 7.27. The van der Waals surface area contributed by atoms with Crippen molar-refractivity contribution in [2.45, 2.75) is 38.3 Å². The number of aryl methyl sites for hydroxylation is 1. The molecule has 0 unspecified atom stereocenters. The number of ether oxygens (including phenoxy) is 1. The Morgan fingerprint density at radius 1 is 1.03 bits per heavy atom. The van der Waals surface area contributed by atoms with Gasteiger partial charge in [0.15, 0.2) is 0 Å². The monoisotopic (exact) mass is 473 g/mol. The highest BCUT2D eigenvalue weighted by Gasteiger charge is 2.27. The molecule has 1 heterocycles. The predicted octanol–water partition coefficient (Wildman–Crippen LogP) is 2.09. The second-order valence-corrected chi connectivity index (χ2v) is 10.3. The Morgan fingerprint density at radius 3 is 2.27 bits per heavy atom. The molecular formula is C24H31N3O5S. The number of carbonyl (C=O) groups is 2. The first kappa shape index (κ1) is 24.9. The summed E-state index contributed by atoms with van der Waals surface area (Å²) in [4.78, 5) is 25.7. The van der Waals surface area contributed by atoms with Crippen molar-refractivity contribution in [2.75, 3.05) is 26.3 Å². The number of nitrogens with one attached hydrogen (secondary N) is 2.